The molecule has 2 heterocycles. The lowest BCUT2D eigenvalue weighted by Crippen LogP contribution is -2.42. The van der Waals surface area contributed by atoms with Crippen molar-refractivity contribution in [1.29, 1.82) is 5.26 Å². The molecular weight excluding hydrogens is 216 g/mol. The Kier molecular flexibility index (Phi) is 2.99. The van der Waals surface area contributed by atoms with Crippen molar-refractivity contribution < 1.29 is 4.74 Å². The number of anilines is 1. The minimum absolute atomic E-state index is 0.405. The molecule has 1 aromatic rings. The van der Waals surface area contributed by atoms with Gasteiger partial charge in [-0.2, -0.15) is 5.26 Å². The van der Waals surface area contributed by atoms with Crippen molar-refractivity contribution in [1.82, 2.24) is 9.97 Å². The number of ether oxygens (including phenoxy) is 1. The van der Waals surface area contributed by atoms with Gasteiger partial charge in [-0.3, -0.25) is 0 Å². The van der Waals surface area contributed by atoms with E-state index >= 15 is 0 Å². The molecule has 1 aliphatic heterocycles. The monoisotopic (exact) mass is 224 g/mol. The molecule has 15 heavy (non-hydrogen) atoms. The van der Waals surface area contributed by atoms with Gasteiger partial charge in [-0.1, -0.05) is 11.6 Å². The summed E-state index contributed by atoms with van der Waals surface area (Å²) in [6.07, 6.45) is 2.68. The van der Waals surface area contributed by atoms with Crippen LogP contribution >= 0.6 is 11.6 Å². The van der Waals surface area contributed by atoms with Crippen LogP contribution < -0.4 is 4.90 Å². The van der Waals surface area contributed by atoms with E-state index in [1.807, 2.05) is 4.90 Å². The summed E-state index contributed by atoms with van der Waals surface area (Å²) in [5, 5.41) is 9.24. The zero-order valence-corrected chi connectivity index (χ0v) is 8.68. The third-order valence-electron chi connectivity index (χ3n) is 2.10. The third kappa shape index (κ3) is 2.35. The Morgan fingerprint density at radius 2 is 2.27 bits per heavy atom. The first kappa shape index (κ1) is 10.1. The number of rotatable bonds is 1. The van der Waals surface area contributed by atoms with Crippen LogP contribution in [0.5, 0.6) is 0 Å². The van der Waals surface area contributed by atoms with Crippen LogP contribution in [0.3, 0.4) is 0 Å². The van der Waals surface area contributed by atoms with Gasteiger partial charge in [0.2, 0.25) is 5.95 Å². The molecule has 6 heteroatoms. The number of hydrogen-bond donors (Lipinski definition) is 0. The Balaban J connectivity index is 2.10. The minimum atomic E-state index is -0.405. The molecule has 2 rings (SSSR count). The first-order valence-corrected chi connectivity index (χ1v) is 4.91. The average Bonchev–Trinajstić information content (AvgIpc) is 2.30. The zero-order chi connectivity index (χ0) is 10.7. The van der Waals surface area contributed by atoms with Crippen molar-refractivity contribution in [3.63, 3.8) is 0 Å². The Bertz CT molecular complexity index is 375. The van der Waals surface area contributed by atoms with Crippen LogP contribution in [0.2, 0.25) is 5.02 Å². The predicted octanol–water partition coefficient (Wildman–Crippen LogP) is 0.859. The molecule has 1 fully saturated rings. The fraction of sp³-hybridized carbons (Fsp3) is 0.444. The third-order valence-corrected chi connectivity index (χ3v) is 2.30. The summed E-state index contributed by atoms with van der Waals surface area (Å²) in [5.74, 6) is 0.586. The highest BCUT2D eigenvalue weighted by Gasteiger charge is 2.21. The maximum atomic E-state index is 8.74. The van der Waals surface area contributed by atoms with Crippen LogP contribution in [-0.4, -0.2) is 35.8 Å². The van der Waals surface area contributed by atoms with Crippen LogP contribution in [0.1, 0.15) is 0 Å². The van der Waals surface area contributed by atoms with E-state index in [4.69, 9.17) is 21.6 Å². The second-order valence-electron chi connectivity index (χ2n) is 3.14. The fourth-order valence-corrected chi connectivity index (χ4v) is 1.48. The lowest BCUT2D eigenvalue weighted by atomic mass is 10.3. The molecule has 0 N–H and O–H groups in total. The summed E-state index contributed by atoms with van der Waals surface area (Å²) in [4.78, 5) is 10.1. The van der Waals surface area contributed by atoms with Crippen LogP contribution in [-0.2, 0) is 4.74 Å². The van der Waals surface area contributed by atoms with Gasteiger partial charge < -0.3 is 9.64 Å². The van der Waals surface area contributed by atoms with Crippen molar-refractivity contribution in [3.05, 3.63) is 17.4 Å². The van der Waals surface area contributed by atoms with Gasteiger partial charge in [-0.25, -0.2) is 9.97 Å². The highest BCUT2D eigenvalue weighted by molar-refractivity contribution is 6.30. The molecule has 1 saturated heterocycles. The molecule has 78 valence electrons. The van der Waals surface area contributed by atoms with Gasteiger partial charge in [-0.05, 0) is 0 Å². The van der Waals surface area contributed by atoms with Crippen molar-refractivity contribution in [3.8, 4) is 6.07 Å². The molecule has 1 aromatic heterocycles. The van der Waals surface area contributed by atoms with Crippen molar-refractivity contribution in [2.45, 2.75) is 6.10 Å². The van der Waals surface area contributed by atoms with E-state index in [-0.39, 0.29) is 0 Å². The number of hydrogen-bond acceptors (Lipinski definition) is 5. The second-order valence-corrected chi connectivity index (χ2v) is 3.57. The number of halogens is 1. The van der Waals surface area contributed by atoms with Gasteiger partial charge in [-0.15, -0.1) is 0 Å². The van der Waals surface area contributed by atoms with E-state index in [0.29, 0.717) is 30.7 Å². The molecule has 0 amide bonds. The van der Waals surface area contributed by atoms with E-state index in [2.05, 4.69) is 16.0 Å². The van der Waals surface area contributed by atoms with Gasteiger partial charge in [0, 0.05) is 6.54 Å². The molecule has 0 radical (unpaired) electrons. The van der Waals surface area contributed by atoms with E-state index in [1.165, 1.54) is 0 Å². The van der Waals surface area contributed by atoms with Crippen LogP contribution in [0.25, 0.3) is 0 Å². The molecule has 1 atom stereocenters. The Labute approximate surface area is 92.3 Å². The van der Waals surface area contributed by atoms with Gasteiger partial charge in [0.25, 0.3) is 0 Å². The number of nitrogens with zero attached hydrogens (tertiary/aromatic N) is 4. The lowest BCUT2D eigenvalue weighted by molar-refractivity contribution is 0.0758. The van der Waals surface area contributed by atoms with E-state index in [0.717, 1.165) is 0 Å². The van der Waals surface area contributed by atoms with Gasteiger partial charge in [0.05, 0.1) is 36.6 Å². The molecule has 5 nitrogen and oxygen atoms in total. The van der Waals surface area contributed by atoms with Gasteiger partial charge in [0.1, 0.15) is 0 Å². The molecule has 0 bridgehead atoms. The molecule has 1 aliphatic rings. The zero-order valence-electron chi connectivity index (χ0n) is 7.93. The summed E-state index contributed by atoms with van der Waals surface area (Å²) < 4.78 is 5.22. The second kappa shape index (κ2) is 4.43. The fourth-order valence-electron chi connectivity index (χ4n) is 1.38. The van der Waals surface area contributed by atoms with Crippen molar-refractivity contribution in [2.75, 3.05) is 24.6 Å². The quantitative estimate of drug-likeness (QED) is 0.708. The lowest BCUT2D eigenvalue weighted by Gasteiger charge is -2.29. The molecule has 0 saturated carbocycles. The van der Waals surface area contributed by atoms with Crippen LogP contribution in [0, 0.1) is 11.3 Å². The van der Waals surface area contributed by atoms with Crippen LogP contribution in [0.4, 0.5) is 5.95 Å². The van der Waals surface area contributed by atoms with E-state index in [1.54, 1.807) is 12.4 Å². The summed E-state index contributed by atoms with van der Waals surface area (Å²) in [5.41, 5.74) is 0. The SMILES string of the molecule is N#CC1CN(c2ncc(Cl)cn2)CCO1. The van der Waals surface area contributed by atoms with E-state index in [9.17, 15) is 0 Å². The summed E-state index contributed by atoms with van der Waals surface area (Å²) in [6.45, 7) is 1.71. The standard InChI is InChI=1S/C9H9ClN4O/c10-7-4-12-9(13-5-7)14-1-2-15-8(3-11)6-14/h4-5,8H,1-2,6H2. The number of aromatic nitrogens is 2. The summed E-state index contributed by atoms with van der Waals surface area (Å²) in [6, 6.07) is 2.07. The Morgan fingerprint density at radius 1 is 1.53 bits per heavy atom. The molecule has 0 aliphatic carbocycles. The Morgan fingerprint density at radius 3 is 2.93 bits per heavy atom. The predicted molar refractivity (Wildman–Crippen MR) is 54.6 cm³/mol. The molecule has 0 aromatic carbocycles. The Hall–Kier alpha value is -1.38. The summed E-state index contributed by atoms with van der Waals surface area (Å²) >= 11 is 5.69. The highest BCUT2D eigenvalue weighted by Crippen LogP contribution is 2.13. The average molecular weight is 225 g/mol. The largest absolute Gasteiger partial charge is 0.360 e. The normalized spacial score (nSPS) is 21.1. The van der Waals surface area contributed by atoms with Gasteiger partial charge in [0.15, 0.2) is 6.10 Å². The topological polar surface area (TPSA) is 62.0 Å². The van der Waals surface area contributed by atoms with Crippen molar-refractivity contribution >= 4 is 17.5 Å². The molecule has 0 spiro atoms. The summed E-state index contributed by atoms with van der Waals surface area (Å²) in [7, 11) is 0. The van der Waals surface area contributed by atoms with Crippen molar-refractivity contribution in [2.24, 2.45) is 0 Å². The van der Waals surface area contributed by atoms with Crippen LogP contribution in [0.15, 0.2) is 12.4 Å². The van der Waals surface area contributed by atoms with Gasteiger partial charge >= 0.3 is 0 Å². The smallest absolute Gasteiger partial charge is 0.225 e. The number of morpholine rings is 1. The highest BCUT2D eigenvalue weighted by atomic mass is 35.5. The first-order chi connectivity index (χ1) is 7.29. The van der Waals surface area contributed by atoms with E-state index < -0.39 is 6.10 Å². The molecule has 1 unspecified atom stereocenters. The minimum Gasteiger partial charge on any atom is -0.360 e. The first-order valence-electron chi connectivity index (χ1n) is 4.53. The molecular formula is C9H9ClN4O. The number of nitriles is 1. The maximum Gasteiger partial charge on any atom is 0.225 e. The maximum absolute atomic E-state index is 8.74.